The van der Waals surface area contributed by atoms with E-state index >= 15 is 0 Å². The van der Waals surface area contributed by atoms with Gasteiger partial charge >= 0.3 is 5.97 Å². The van der Waals surface area contributed by atoms with Crippen LogP contribution < -0.4 is 5.32 Å². The average Bonchev–Trinajstić information content (AvgIpc) is 2.81. The monoisotopic (exact) mass is 362 g/mol. The number of carboxylic acid groups (broad SMARTS) is 1. The third-order valence-corrected chi connectivity index (χ3v) is 3.81. The van der Waals surface area contributed by atoms with Gasteiger partial charge in [-0.25, -0.2) is 13.8 Å². The Morgan fingerprint density at radius 2 is 2.15 bits per heavy atom. The molecule has 0 amide bonds. The molecule has 0 spiro atoms. The van der Waals surface area contributed by atoms with E-state index in [9.17, 15) is 13.6 Å². The number of aliphatic carboxylic acids is 1. The molecule has 1 aromatic heterocycles. The van der Waals surface area contributed by atoms with Crippen LogP contribution in [0, 0.1) is 11.6 Å². The molecule has 0 fully saturated rings. The van der Waals surface area contributed by atoms with E-state index in [4.69, 9.17) is 5.11 Å². The van der Waals surface area contributed by atoms with Gasteiger partial charge in [-0.15, -0.1) is 11.3 Å². The van der Waals surface area contributed by atoms with Crippen molar-refractivity contribution in [1.82, 2.24) is 4.98 Å². The minimum Gasteiger partial charge on any atom is -0.481 e. The molecule has 0 radical (unpaired) electrons. The molecule has 0 aliphatic rings. The molecule has 4 nitrogen and oxygen atoms in total. The van der Waals surface area contributed by atoms with Crippen molar-refractivity contribution < 1.29 is 18.7 Å². The molecule has 8 heteroatoms. The standard InChI is InChI=1S/C12H9BrF2N2O2S/c13-7-3-9(15)10(4-8(7)14)17-12-16-6(5-20-12)1-2-11(18)19/h3-5H,1-2H2,(H,16,17)(H,18,19). The summed E-state index contributed by atoms with van der Waals surface area (Å²) in [4.78, 5) is 14.6. The van der Waals surface area contributed by atoms with Crippen molar-refractivity contribution in [2.75, 3.05) is 5.32 Å². The van der Waals surface area contributed by atoms with Crippen LogP contribution >= 0.6 is 27.3 Å². The van der Waals surface area contributed by atoms with Gasteiger partial charge in [-0.3, -0.25) is 4.79 Å². The number of aryl methyl sites for hydroxylation is 1. The van der Waals surface area contributed by atoms with Crippen molar-refractivity contribution in [2.24, 2.45) is 0 Å². The van der Waals surface area contributed by atoms with Crippen LogP contribution in [0.3, 0.4) is 0 Å². The van der Waals surface area contributed by atoms with Crippen LogP contribution in [0.2, 0.25) is 0 Å². The van der Waals surface area contributed by atoms with Gasteiger partial charge < -0.3 is 10.4 Å². The molecule has 20 heavy (non-hydrogen) atoms. The topological polar surface area (TPSA) is 62.2 Å². The molecule has 0 aliphatic heterocycles. The number of hydrogen-bond donors (Lipinski definition) is 2. The van der Waals surface area contributed by atoms with Crippen molar-refractivity contribution in [3.8, 4) is 0 Å². The fourth-order valence-corrected chi connectivity index (χ4v) is 2.52. The van der Waals surface area contributed by atoms with E-state index in [0.29, 0.717) is 17.2 Å². The highest BCUT2D eigenvalue weighted by atomic mass is 79.9. The van der Waals surface area contributed by atoms with Crippen LogP contribution in [0.4, 0.5) is 19.6 Å². The van der Waals surface area contributed by atoms with Crippen molar-refractivity contribution in [2.45, 2.75) is 12.8 Å². The zero-order valence-electron chi connectivity index (χ0n) is 9.99. The molecule has 2 aromatic rings. The summed E-state index contributed by atoms with van der Waals surface area (Å²) >= 11 is 4.09. The number of rotatable bonds is 5. The Morgan fingerprint density at radius 3 is 2.85 bits per heavy atom. The summed E-state index contributed by atoms with van der Waals surface area (Å²) in [6.07, 6.45) is 0.273. The van der Waals surface area contributed by atoms with E-state index < -0.39 is 17.6 Å². The zero-order valence-corrected chi connectivity index (χ0v) is 12.4. The molecule has 2 N–H and O–H groups in total. The second-order valence-electron chi connectivity index (χ2n) is 3.91. The fraction of sp³-hybridized carbons (Fsp3) is 0.167. The third-order valence-electron chi connectivity index (χ3n) is 2.40. The Bertz CT molecular complexity index is 648. The van der Waals surface area contributed by atoms with Crippen LogP contribution in [0.25, 0.3) is 0 Å². The smallest absolute Gasteiger partial charge is 0.303 e. The maximum Gasteiger partial charge on any atom is 0.303 e. The SMILES string of the molecule is O=C(O)CCc1csc(Nc2cc(F)c(Br)cc2F)n1. The number of nitrogens with zero attached hydrogens (tertiary/aromatic N) is 1. The van der Waals surface area contributed by atoms with E-state index in [0.717, 1.165) is 12.1 Å². The number of benzene rings is 1. The number of aromatic nitrogens is 1. The van der Waals surface area contributed by atoms with Crippen molar-refractivity contribution >= 4 is 44.1 Å². The first-order valence-electron chi connectivity index (χ1n) is 5.53. The quantitative estimate of drug-likeness (QED) is 0.790. The lowest BCUT2D eigenvalue weighted by Crippen LogP contribution is -1.98. The maximum absolute atomic E-state index is 13.6. The molecule has 0 saturated carbocycles. The molecule has 0 unspecified atom stereocenters. The Kier molecular flexibility index (Phi) is 4.66. The lowest BCUT2D eigenvalue weighted by molar-refractivity contribution is -0.136. The van der Waals surface area contributed by atoms with Crippen LogP contribution in [0.15, 0.2) is 22.0 Å². The van der Waals surface area contributed by atoms with E-state index in [2.05, 4.69) is 26.2 Å². The van der Waals surface area contributed by atoms with Gasteiger partial charge in [0.1, 0.15) is 11.6 Å². The van der Waals surface area contributed by atoms with Crippen molar-refractivity contribution in [3.63, 3.8) is 0 Å². The number of halogens is 3. The van der Waals surface area contributed by atoms with Gasteiger partial charge in [-0.1, -0.05) is 0 Å². The predicted molar refractivity (Wildman–Crippen MR) is 75.4 cm³/mol. The number of carbonyl (C=O) groups is 1. The predicted octanol–water partition coefficient (Wildman–Crippen LogP) is 3.94. The van der Waals surface area contributed by atoms with Gasteiger partial charge in [0.2, 0.25) is 0 Å². The molecule has 1 aromatic carbocycles. The van der Waals surface area contributed by atoms with Gasteiger partial charge in [-0.2, -0.15) is 0 Å². The van der Waals surface area contributed by atoms with Crippen LogP contribution in [0.5, 0.6) is 0 Å². The van der Waals surface area contributed by atoms with Gasteiger partial charge in [-0.05, 0) is 22.0 Å². The molecule has 1 heterocycles. The van der Waals surface area contributed by atoms with Crippen molar-refractivity contribution in [3.05, 3.63) is 39.3 Å². The van der Waals surface area contributed by atoms with Crippen molar-refractivity contribution in [1.29, 1.82) is 0 Å². The highest BCUT2D eigenvalue weighted by Gasteiger charge is 2.10. The molecule has 106 valence electrons. The molecule has 2 rings (SSSR count). The largest absolute Gasteiger partial charge is 0.481 e. The molecule has 0 bridgehead atoms. The Labute approximate surface area is 125 Å². The van der Waals surface area contributed by atoms with Crippen LogP contribution in [-0.4, -0.2) is 16.1 Å². The summed E-state index contributed by atoms with van der Waals surface area (Å²) in [5, 5.41) is 13.3. The maximum atomic E-state index is 13.6. The summed E-state index contributed by atoms with van der Waals surface area (Å²) in [5.74, 6) is -2.11. The number of carboxylic acids is 1. The van der Waals surface area contributed by atoms with Gasteiger partial charge in [0.05, 0.1) is 22.3 Å². The van der Waals surface area contributed by atoms with Gasteiger partial charge in [0.25, 0.3) is 0 Å². The minimum atomic E-state index is -0.909. The average molecular weight is 363 g/mol. The normalized spacial score (nSPS) is 10.6. The molecule has 0 aliphatic carbocycles. The first-order valence-corrected chi connectivity index (χ1v) is 7.20. The Balaban J connectivity index is 2.10. The number of anilines is 2. The molecular formula is C12H9BrF2N2O2S. The second kappa shape index (κ2) is 6.27. The van der Waals surface area contributed by atoms with Crippen LogP contribution in [0.1, 0.15) is 12.1 Å². The summed E-state index contributed by atoms with van der Waals surface area (Å²) in [6.45, 7) is 0. The number of nitrogens with one attached hydrogen (secondary N) is 1. The highest BCUT2D eigenvalue weighted by Crippen LogP contribution is 2.27. The lowest BCUT2D eigenvalue weighted by atomic mass is 10.2. The van der Waals surface area contributed by atoms with Gasteiger partial charge in [0, 0.05) is 17.9 Å². The Morgan fingerprint density at radius 1 is 1.40 bits per heavy atom. The second-order valence-corrected chi connectivity index (χ2v) is 5.62. The van der Waals surface area contributed by atoms with E-state index in [1.807, 2.05) is 0 Å². The summed E-state index contributed by atoms with van der Waals surface area (Å²) in [7, 11) is 0. The number of thiazole rings is 1. The molecule has 0 saturated heterocycles. The lowest BCUT2D eigenvalue weighted by Gasteiger charge is -2.05. The van der Waals surface area contributed by atoms with E-state index in [1.165, 1.54) is 11.3 Å². The fourth-order valence-electron chi connectivity index (χ4n) is 1.45. The van der Waals surface area contributed by atoms with Gasteiger partial charge in [0.15, 0.2) is 5.13 Å². The molecular weight excluding hydrogens is 354 g/mol. The summed E-state index contributed by atoms with van der Waals surface area (Å²) in [5.41, 5.74) is 0.572. The Hall–Kier alpha value is -1.54. The third kappa shape index (κ3) is 3.73. The number of hydrogen-bond acceptors (Lipinski definition) is 4. The summed E-state index contributed by atoms with van der Waals surface area (Å²) in [6, 6.07) is 2.05. The van der Waals surface area contributed by atoms with Crippen LogP contribution in [-0.2, 0) is 11.2 Å². The highest BCUT2D eigenvalue weighted by molar-refractivity contribution is 9.10. The van der Waals surface area contributed by atoms with E-state index in [-0.39, 0.29) is 16.6 Å². The first-order chi connectivity index (χ1) is 9.45. The zero-order chi connectivity index (χ0) is 14.7. The van der Waals surface area contributed by atoms with E-state index in [1.54, 1.807) is 5.38 Å². The minimum absolute atomic E-state index is 0.0233. The molecule has 0 atom stereocenters. The first kappa shape index (κ1) is 14.9. The summed E-state index contributed by atoms with van der Waals surface area (Å²) < 4.78 is 27.0.